The van der Waals surface area contributed by atoms with Gasteiger partial charge in [-0.25, -0.2) is 9.97 Å². The van der Waals surface area contributed by atoms with Crippen LogP contribution in [-0.2, 0) is 6.18 Å². The Kier molecular flexibility index (Phi) is 4.81. The zero-order valence-electron chi connectivity index (χ0n) is 14.7. The number of pyridine rings is 2. The van der Waals surface area contributed by atoms with E-state index >= 15 is 0 Å². The van der Waals surface area contributed by atoms with Gasteiger partial charge < -0.3 is 11.1 Å². The molecule has 27 heavy (non-hydrogen) atoms. The minimum absolute atomic E-state index is 0.000718. The standard InChI is InChI=1S/C17H16ClF3N6/c1-7-10(5-14(22)25-15(7)17(19,20)21)8(2)24-16-11-4-13(18)23-6-12(11)9(3)26-27-16/h4-6,8H,1-3H3,(H2,22,25)(H,24,27). The summed E-state index contributed by atoms with van der Waals surface area (Å²) in [7, 11) is 0. The number of halogens is 4. The van der Waals surface area contributed by atoms with Crippen LogP contribution < -0.4 is 11.1 Å². The summed E-state index contributed by atoms with van der Waals surface area (Å²) in [4.78, 5) is 7.47. The van der Waals surface area contributed by atoms with E-state index in [1.807, 2.05) is 0 Å². The predicted octanol–water partition coefficient (Wildman–Crippen LogP) is 4.46. The Morgan fingerprint density at radius 2 is 1.85 bits per heavy atom. The van der Waals surface area contributed by atoms with Gasteiger partial charge in [-0.05, 0) is 44.0 Å². The second-order valence-corrected chi connectivity index (χ2v) is 6.55. The van der Waals surface area contributed by atoms with Crippen LogP contribution in [-0.4, -0.2) is 20.2 Å². The van der Waals surface area contributed by atoms with Crippen LogP contribution in [0.3, 0.4) is 0 Å². The van der Waals surface area contributed by atoms with E-state index in [1.54, 1.807) is 26.1 Å². The summed E-state index contributed by atoms with van der Waals surface area (Å²) in [5, 5.41) is 13.0. The molecule has 3 heterocycles. The zero-order valence-corrected chi connectivity index (χ0v) is 15.4. The first-order valence-electron chi connectivity index (χ1n) is 7.97. The summed E-state index contributed by atoms with van der Waals surface area (Å²) in [6.07, 6.45) is -3.02. The van der Waals surface area contributed by atoms with E-state index in [9.17, 15) is 13.2 Å². The molecule has 10 heteroatoms. The van der Waals surface area contributed by atoms with Crippen molar-refractivity contribution < 1.29 is 13.2 Å². The predicted molar refractivity (Wildman–Crippen MR) is 97.5 cm³/mol. The summed E-state index contributed by atoms with van der Waals surface area (Å²) in [5.41, 5.74) is 5.62. The fourth-order valence-electron chi connectivity index (χ4n) is 2.91. The number of nitrogens with zero attached hydrogens (tertiary/aromatic N) is 4. The first-order valence-corrected chi connectivity index (χ1v) is 8.35. The number of nitrogens with one attached hydrogen (secondary N) is 1. The fourth-order valence-corrected chi connectivity index (χ4v) is 3.07. The molecule has 0 aliphatic carbocycles. The molecular weight excluding hydrogens is 381 g/mol. The summed E-state index contributed by atoms with van der Waals surface area (Å²) in [6, 6.07) is 2.51. The van der Waals surface area contributed by atoms with Crippen molar-refractivity contribution in [1.82, 2.24) is 20.2 Å². The number of nitrogen functional groups attached to an aromatic ring is 1. The van der Waals surface area contributed by atoms with Crippen molar-refractivity contribution in [2.75, 3.05) is 11.1 Å². The lowest BCUT2D eigenvalue weighted by Gasteiger charge is -2.21. The summed E-state index contributed by atoms with van der Waals surface area (Å²) >= 11 is 5.98. The number of anilines is 2. The van der Waals surface area contributed by atoms with Crippen LogP contribution in [0.5, 0.6) is 0 Å². The third-order valence-corrected chi connectivity index (χ3v) is 4.44. The lowest BCUT2D eigenvalue weighted by atomic mass is 10.0. The summed E-state index contributed by atoms with van der Waals surface area (Å²) < 4.78 is 39.6. The Hall–Kier alpha value is -2.68. The number of rotatable bonds is 3. The average Bonchev–Trinajstić information content (AvgIpc) is 2.58. The van der Waals surface area contributed by atoms with E-state index in [0.29, 0.717) is 22.5 Å². The molecule has 0 bridgehead atoms. The van der Waals surface area contributed by atoms with Crippen molar-refractivity contribution in [2.24, 2.45) is 0 Å². The lowest BCUT2D eigenvalue weighted by Crippen LogP contribution is -2.17. The second-order valence-electron chi connectivity index (χ2n) is 6.16. The highest BCUT2D eigenvalue weighted by Crippen LogP contribution is 2.35. The molecule has 142 valence electrons. The van der Waals surface area contributed by atoms with Gasteiger partial charge in [-0.1, -0.05) is 11.6 Å². The van der Waals surface area contributed by atoms with Crippen molar-refractivity contribution in [3.63, 3.8) is 0 Å². The van der Waals surface area contributed by atoms with Gasteiger partial charge in [0.2, 0.25) is 0 Å². The van der Waals surface area contributed by atoms with E-state index in [0.717, 1.165) is 5.39 Å². The maximum Gasteiger partial charge on any atom is 0.433 e. The topological polar surface area (TPSA) is 89.6 Å². The molecule has 3 N–H and O–H groups in total. The molecule has 0 amide bonds. The van der Waals surface area contributed by atoms with Gasteiger partial charge in [0.15, 0.2) is 5.82 Å². The third-order valence-electron chi connectivity index (χ3n) is 4.24. The van der Waals surface area contributed by atoms with Crippen LogP contribution >= 0.6 is 11.6 Å². The molecule has 0 fully saturated rings. The Bertz CT molecular complexity index is 1020. The smallest absolute Gasteiger partial charge is 0.384 e. The highest BCUT2D eigenvalue weighted by atomic mass is 35.5. The van der Waals surface area contributed by atoms with Gasteiger partial charge in [0.1, 0.15) is 16.7 Å². The second kappa shape index (κ2) is 6.80. The molecular formula is C17H16ClF3N6. The normalized spacial score (nSPS) is 13.0. The van der Waals surface area contributed by atoms with Gasteiger partial charge in [-0.2, -0.15) is 18.3 Å². The highest BCUT2D eigenvalue weighted by Gasteiger charge is 2.36. The molecule has 3 aromatic rings. The fraction of sp³-hybridized carbons (Fsp3) is 0.294. The lowest BCUT2D eigenvalue weighted by molar-refractivity contribution is -0.141. The molecule has 3 rings (SSSR count). The molecule has 0 radical (unpaired) electrons. The minimum Gasteiger partial charge on any atom is -0.384 e. The van der Waals surface area contributed by atoms with E-state index in [2.05, 4.69) is 25.5 Å². The Balaban J connectivity index is 2.06. The highest BCUT2D eigenvalue weighted by molar-refractivity contribution is 6.30. The number of aromatic nitrogens is 4. The van der Waals surface area contributed by atoms with Crippen LogP contribution in [0.15, 0.2) is 18.3 Å². The van der Waals surface area contributed by atoms with Gasteiger partial charge in [0.05, 0.1) is 11.7 Å². The molecule has 0 aliphatic rings. The molecule has 6 nitrogen and oxygen atoms in total. The molecule has 0 spiro atoms. The van der Waals surface area contributed by atoms with Crippen LogP contribution in [0, 0.1) is 13.8 Å². The van der Waals surface area contributed by atoms with Crippen LogP contribution in [0.4, 0.5) is 24.8 Å². The van der Waals surface area contributed by atoms with Crippen LogP contribution in [0.1, 0.15) is 35.5 Å². The van der Waals surface area contributed by atoms with E-state index in [1.165, 1.54) is 13.0 Å². The quantitative estimate of drug-likeness (QED) is 0.635. The molecule has 0 aromatic carbocycles. The Labute approximate surface area is 158 Å². The first-order chi connectivity index (χ1) is 12.6. The van der Waals surface area contributed by atoms with Crippen LogP contribution in [0.2, 0.25) is 5.15 Å². The van der Waals surface area contributed by atoms with E-state index < -0.39 is 17.9 Å². The van der Waals surface area contributed by atoms with Gasteiger partial charge in [0.25, 0.3) is 0 Å². The van der Waals surface area contributed by atoms with Crippen molar-refractivity contribution in [3.8, 4) is 0 Å². The van der Waals surface area contributed by atoms with Crippen molar-refractivity contribution in [2.45, 2.75) is 33.0 Å². The van der Waals surface area contributed by atoms with Gasteiger partial charge in [0, 0.05) is 17.0 Å². The van der Waals surface area contributed by atoms with Gasteiger partial charge in [-0.3, -0.25) is 0 Å². The number of nitrogens with two attached hydrogens (primary N) is 1. The number of fused-ring (bicyclic) bond motifs is 1. The van der Waals surface area contributed by atoms with Crippen molar-refractivity contribution >= 4 is 34.0 Å². The van der Waals surface area contributed by atoms with Crippen LogP contribution in [0.25, 0.3) is 10.8 Å². The minimum atomic E-state index is -4.59. The Morgan fingerprint density at radius 3 is 2.52 bits per heavy atom. The average molecular weight is 397 g/mol. The summed E-state index contributed by atoms with van der Waals surface area (Å²) in [6.45, 7) is 4.85. The SMILES string of the molecule is Cc1c(C(C)Nc2nnc(C)c3cnc(Cl)cc23)cc(N)nc1C(F)(F)F. The number of alkyl halides is 3. The van der Waals surface area contributed by atoms with E-state index in [4.69, 9.17) is 17.3 Å². The first kappa shape index (κ1) is 19.1. The zero-order chi connectivity index (χ0) is 19.9. The molecule has 0 saturated carbocycles. The largest absolute Gasteiger partial charge is 0.433 e. The maximum atomic E-state index is 13.2. The van der Waals surface area contributed by atoms with Crippen molar-refractivity contribution in [3.05, 3.63) is 46.0 Å². The third kappa shape index (κ3) is 3.73. The number of aryl methyl sites for hydroxylation is 1. The van der Waals surface area contributed by atoms with Crippen molar-refractivity contribution in [1.29, 1.82) is 0 Å². The van der Waals surface area contributed by atoms with Gasteiger partial charge >= 0.3 is 6.18 Å². The molecule has 0 aliphatic heterocycles. The monoisotopic (exact) mass is 396 g/mol. The Morgan fingerprint density at radius 1 is 1.15 bits per heavy atom. The molecule has 3 aromatic heterocycles. The molecule has 0 saturated heterocycles. The number of hydrogen-bond acceptors (Lipinski definition) is 6. The molecule has 1 unspecified atom stereocenters. The molecule has 1 atom stereocenters. The summed E-state index contributed by atoms with van der Waals surface area (Å²) in [5.74, 6) is 0.180. The number of hydrogen-bond donors (Lipinski definition) is 2. The van der Waals surface area contributed by atoms with Gasteiger partial charge in [-0.15, -0.1) is 5.10 Å². The maximum absolute atomic E-state index is 13.2. The van der Waals surface area contributed by atoms with E-state index in [-0.39, 0.29) is 16.5 Å².